The highest BCUT2D eigenvalue weighted by Crippen LogP contribution is 2.16. The van der Waals surface area contributed by atoms with E-state index in [4.69, 9.17) is 11.6 Å². The third kappa shape index (κ3) is 0.871. The second-order valence-electron chi connectivity index (χ2n) is 1.20. The summed E-state index contributed by atoms with van der Waals surface area (Å²) in [6, 6.07) is 0. The third-order valence-corrected chi connectivity index (χ3v) is 0.797. The molecule has 0 radical (unpaired) electrons. The van der Waals surface area contributed by atoms with Gasteiger partial charge in [0.05, 0.1) is 6.54 Å². The van der Waals surface area contributed by atoms with E-state index in [0.29, 0.717) is 5.03 Å². The van der Waals surface area contributed by atoms with Crippen LogP contribution in [0.5, 0.6) is 0 Å². The standard InChI is InChI=1S/C4H4ClN2/c1-7-3-4(5)2-6-7/h2-3H,1H2/q-1. The van der Waals surface area contributed by atoms with Gasteiger partial charge in [0.15, 0.2) is 0 Å². The molecule has 0 aromatic heterocycles. The van der Waals surface area contributed by atoms with Gasteiger partial charge in [0.2, 0.25) is 0 Å². The fourth-order valence-corrected chi connectivity index (χ4v) is 0.495. The molecule has 0 unspecified atom stereocenters. The molecule has 0 amide bonds. The van der Waals surface area contributed by atoms with Gasteiger partial charge < -0.3 is 10.1 Å². The van der Waals surface area contributed by atoms with Gasteiger partial charge in [-0.05, 0) is 5.03 Å². The Bertz CT molecular complexity index is 128. The largest absolute Gasteiger partial charge is 0.494 e. The molecular weight excluding hydrogens is 112 g/mol. The Hall–Kier alpha value is -0.630. The smallest absolute Gasteiger partial charge is 0.0745 e. The second kappa shape index (κ2) is 1.46. The summed E-state index contributed by atoms with van der Waals surface area (Å²) in [6.07, 6.45) is 1.54. The van der Waals surface area contributed by atoms with Crippen LogP contribution in [0.1, 0.15) is 0 Å². The predicted octanol–water partition coefficient (Wildman–Crippen LogP) is 1.24. The van der Waals surface area contributed by atoms with Crippen LogP contribution in [0.15, 0.2) is 11.2 Å². The summed E-state index contributed by atoms with van der Waals surface area (Å²) in [5, 5.41) is 0.620. The Morgan fingerprint density at radius 2 is 2.71 bits per heavy atom. The summed E-state index contributed by atoms with van der Waals surface area (Å²) in [5.41, 5.74) is 3.69. The summed E-state index contributed by atoms with van der Waals surface area (Å²) < 4.78 is 1.41. The molecule has 1 aliphatic heterocycles. The minimum atomic E-state index is 0.620. The van der Waals surface area contributed by atoms with Crippen molar-refractivity contribution in [1.29, 1.82) is 0 Å². The Balaban J connectivity index is 2.58. The Kier molecular flexibility index (Phi) is 0.947. The summed E-state index contributed by atoms with van der Waals surface area (Å²) in [5.74, 6) is 0. The minimum absolute atomic E-state index is 0.620. The Morgan fingerprint density at radius 3 is 2.86 bits per heavy atom. The topological polar surface area (TPSA) is 17.1 Å². The fourth-order valence-electron chi connectivity index (χ4n) is 0.338. The van der Waals surface area contributed by atoms with Crippen molar-refractivity contribution in [2.45, 2.75) is 0 Å². The van der Waals surface area contributed by atoms with Gasteiger partial charge >= 0.3 is 0 Å². The lowest BCUT2D eigenvalue weighted by atomic mass is 10.6. The molecule has 7 heavy (non-hydrogen) atoms. The van der Waals surface area contributed by atoms with E-state index < -0.39 is 0 Å². The van der Waals surface area contributed by atoms with Crippen molar-refractivity contribution in [2.75, 3.05) is 0 Å². The first-order valence-electron chi connectivity index (χ1n) is 1.80. The van der Waals surface area contributed by atoms with Crippen LogP contribution in [-0.4, -0.2) is 11.4 Å². The number of hydrogen-bond donors (Lipinski definition) is 0. The van der Waals surface area contributed by atoms with Crippen molar-refractivity contribution >= 4 is 18.3 Å². The molecule has 0 saturated carbocycles. The molecule has 0 atom stereocenters. The SMILES string of the molecule is C=[N+]1[CH-]C(Cl)=C[N-]1. The van der Waals surface area contributed by atoms with Crippen molar-refractivity contribution in [2.24, 2.45) is 0 Å². The van der Waals surface area contributed by atoms with E-state index in [1.165, 1.54) is 10.9 Å². The van der Waals surface area contributed by atoms with Crippen molar-refractivity contribution < 1.29 is 4.68 Å². The first-order valence-corrected chi connectivity index (χ1v) is 2.18. The number of hydrogen-bond acceptors (Lipinski definition) is 0. The molecular formula is C4H4ClN2-. The van der Waals surface area contributed by atoms with Crippen LogP contribution in [0.25, 0.3) is 5.43 Å². The maximum atomic E-state index is 5.44. The average molecular weight is 116 g/mol. The first kappa shape index (κ1) is 4.53. The maximum Gasteiger partial charge on any atom is 0.0745 e. The lowest BCUT2D eigenvalue weighted by Gasteiger charge is -2.06. The third-order valence-electron chi connectivity index (χ3n) is 0.602. The highest BCUT2D eigenvalue weighted by atomic mass is 35.5. The number of nitrogens with zero attached hydrogens (tertiary/aromatic N) is 2. The summed E-state index contributed by atoms with van der Waals surface area (Å²) in [4.78, 5) is 0. The van der Waals surface area contributed by atoms with Crippen molar-refractivity contribution in [3.05, 3.63) is 23.2 Å². The first-order chi connectivity index (χ1) is 3.29. The molecule has 0 aromatic carbocycles. The van der Waals surface area contributed by atoms with Crippen LogP contribution in [0.2, 0.25) is 0 Å². The second-order valence-corrected chi connectivity index (χ2v) is 1.63. The predicted molar refractivity (Wildman–Crippen MR) is 29.0 cm³/mol. The summed E-state index contributed by atoms with van der Waals surface area (Å²) in [7, 11) is 0. The van der Waals surface area contributed by atoms with Gasteiger partial charge in [-0.25, -0.2) is 6.20 Å². The van der Waals surface area contributed by atoms with E-state index in [-0.39, 0.29) is 0 Å². The van der Waals surface area contributed by atoms with Gasteiger partial charge in [-0.3, -0.25) is 0 Å². The quantitative estimate of drug-likeness (QED) is 0.334. The van der Waals surface area contributed by atoms with E-state index in [9.17, 15) is 0 Å². The normalized spacial score (nSPS) is 17.9. The Morgan fingerprint density at radius 1 is 2.00 bits per heavy atom. The fraction of sp³-hybridized carbons (Fsp3) is 0. The van der Waals surface area contributed by atoms with E-state index in [2.05, 4.69) is 12.1 Å². The zero-order chi connectivity index (χ0) is 5.28. The lowest BCUT2D eigenvalue weighted by molar-refractivity contribution is -0.405. The van der Waals surface area contributed by atoms with E-state index in [0.717, 1.165) is 0 Å². The van der Waals surface area contributed by atoms with Crippen LogP contribution < -0.4 is 0 Å². The van der Waals surface area contributed by atoms with Gasteiger partial charge in [0, 0.05) is 6.72 Å². The molecule has 0 N–H and O–H groups in total. The molecule has 0 spiro atoms. The van der Waals surface area contributed by atoms with E-state index in [1.54, 1.807) is 6.54 Å². The number of halogens is 1. The Labute approximate surface area is 47.1 Å². The average Bonchev–Trinajstić information content (AvgIpc) is 1.87. The molecule has 3 heteroatoms. The number of rotatable bonds is 0. The lowest BCUT2D eigenvalue weighted by Crippen LogP contribution is -1.87. The van der Waals surface area contributed by atoms with Gasteiger partial charge in [0.1, 0.15) is 0 Å². The molecule has 0 saturated heterocycles. The van der Waals surface area contributed by atoms with Crippen LogP contribution >= 0.6 is 11.6 Å². The van der Waals surface area contributed by atoms with Crippen LogP contribution in [-0.2, 0) is 0 Å². The summed E-state index contributed by atoms with van der Waals surface area (Å²) in [6.45, 7) is 5.09. The van der Waals surface area contributed by atoms with Gasteiger partial charge in [0.25, 0.3) is 0 Å². The van der Waals surface area contributed by atoms with Gasteiger partial charge in [-0.2, -0.15) is 0 Å². The molecule has 0 aliphatic carbocycles. The highest BCUT2D eigenvalue weighted by molar-refractivity contribution is 6.30. The zero-order valence-electron chi connectivity index (χ0n) is 3.63. The van der Waals surface area contributed by atoms with Crippen LogP contribution in [0.3, 0.4) is 0 Å². The van der Waals surface area contributed by atoms with Gasteiger partial charge in [-0.1, -0.05) is 0 Å². The molecule has 0 aromatic rings. The van der Waals surface area contributed by atoms with Crippen molar-refractivity contribution in [1.82, 2.24) is 0 Å². The zero-order valence-corrected chi connectivity index (χ0v) is 4.39. The molecule has 1 aliphatic rings. The minimum Gasteiger partial charge on any atom is -0.494 e. The molecule has 38 valence electrons. The van der Waals surface area contributed by atoms with Crippen molar-refractivity contribution in [3.8, 4) is 0 Å². The maximum absolute atomic E-state index is 5.44. The molecule has 1 heterocycles. The molecule has 0 fully saturated rings. The van der Waals surface area contributed by atoms with Crippen LogP contribution in [0, 0.1) is 6.54 Å². The van der Waals surface area contributed by atoms with E-state index in [1.807, 2.05) is 0 Å². The van der Waals surface area contributed by atoms with Crippen molar-refractivity contribution in [3.63, 3.8) is 0 Å². The van der Waals surface area contributed by atoms with Gasteiger partial charge in [-0.15, -0.1) is 11.6 Å². The van der Waals surface area contributed by atoms with E-state index >= 15 is 0 Å². The monoisotopic (exact) mass is 115 g/mol. The van der Waals surface area contributed by atoms with Crippen LogP contribution in [0.4, 0.5) is 0 Å². The molecule has 2 nitrogen and oxygen atoms in total. The summed E-state index contributed by atoms with van der Waals surface area (Å²) >= 11 is 5.44. The molecule has 1 rings (SSSR count). The molecule has 0 bridgehead atoms. The highest BCUT2D eigenvalue weighted by Gasteiger charge is 1.90.